The molecule has 1 saturated heterocycles. The van der Waals surface area contributed by atoms with Gasteiger partial charge in [-0.2, -0.15) is 0 Å². The number of aliphatic carboxylic acids is 1. The molecule has 1 aromatic carbocycles. The lowest BCUT2D eigenvalue weighted by molar-refractivity contribution is -0.142. The Morgan fingerprint density at radius 2 is 2.20 bits per heavy atom. The van der Waals surface area contributed by atoms with Crippen molar-refractivity contribution >= 4 is 11.9 Å². The third-order valence-electron chi connectivity index (χ3n) is 3.50. The zero-order chi connectivity index (χ0) is 14.7. The number of amides is 1. The lowest BCUT2D eigenvalue weighted by Gasteiger charge is -2.21. The highest BCUT2D eigenvalue weighted by Crippen LogP contribution is 2.19. The summed E-state index contributed by atoms with van der Waals surface area (Å²) in [6.07, 6.45) is -0.0949. The first-order valence-electron chi connectivity index (χ1n) is 6.72. The van der Waals surface area contributed by atoms with Gasteiger partial charge in [0.05, 0.1) is 5.92 Å². The second-order valence-electron chi connectivity index (χ2n) is 5.18. The average molecular weight is 277 g/mol. The van der Waals surface area contributed by atoms with Crippen molar-refractivity contribution in [2.45, 2.75) is 26.4 Å². The molecule has 1 amide bonds. The molecule has 2 atom stereocenters. The standard InChI is InChI=1S/C15H19NO4/c1-10-4-3-5-13(8-10)20-11(2)14(17)16-7-6-12(9-16)15(18)19/h3-5,8,11-12H,6-7,9H2,1-2H3,(H,18,19)/t11-,12+/m0/s1. The molecule has 1 N–H and O–H groups in total. The molecule has 20 heavy (non-hydrogen) atoms. The first-order chi connectivity index (χ1) is 9.47. The molecule has 0 bridgehead atoms. The van der Waals surface area contributed by atoms with E-state index in [1.165, 1.54) is 0 Å². The van der Waals surface area contributed by atoms with Crippen LogP contribution in [0.3, 0.4) is 0 Å². The maximum atomic E-state index is 12.2. The Labute approximate surface area is 118 Å². The maximum absolute atomic E-state index is 12.2. The van der Waals surface area contributed by atoms with Crippen LogP contribution in [0.2, 0.25) is 0 Å². The SMILES string of the molecule is Cc1cccc(O[C@@H](C)C(=O)N2CC[C@@H](C(=O)O)C2)c1. The van der Waals surface area contributed by atoms with E-state index >= 15 is 0 Å². The third kappa shape index (κ3) is 3.29. The number of hydrogen-bond donors (Lipinski definition) is 1. The lowest BCUT2D eigenvalue weighted by Crippen LogP contribution is -2.39. The van der Waals surface area contributed by atoms with E-state index in [1.54, 1.807) is 17.9 Å². The van der Waals surface area contributed by atoms with Crippen LogP contribution in [0.15, 0.2) is 24.3 Å². The van der Waals surface area contributed by atoms with E-state index in [1.807, 2.05) is 25.1 Å². The molecule has 0 saturated carbocycles. The van der Waals surface area contributed by atoms with Gasteiger partial charge in [0.25, 0.3) is 5.91 Å². The van der Waals surface area contributed by atoms with E-state index in [-0.39, 0.29) is 12.5 Å². The van der Waals surface area contributed by atoms with Gasteiger partial charge in [0, 0.05) is 13.1 Å². The van der Waals surface area contributed by atoms with Gasteiger partial charge in [-0.15, -0.1) is 0 Å². The number of ether oxygens (including phenoxy) is 1. The van der Waals surface area contributed by atoms with Crippen molar-refractivity contribution in [3.63, 3.8) is 0 Å². The van der Waals surface area contributed by atoms with Crippen LogP contribution in [0, 0.1) is 12.8 Å². The molecule has 1 aliphatic rings. The van der Waals surface area contributed by atoms with Gasteiger partial charge in [-0.05, 0) is 38.0 Å². The summed E-state index contributed by atoms with van der Waals surface area (Å²) < 4.78 is 5.63. The number of rotatable bonds is 4. The van der Waals surface area contributed by atoms with E-state index in [4.69, 9.17) is 9.84 Å². The van der Waals surface area contributed by atoms with Crippen LogP contribution in [-0.4, -0.2) is 41.1 Å². The fraction of sp³-hybridized carbons (Fsp3) is 0.467. The Balaban J connectivity index is 1.94. The minimum atomic E-state index is -0.840. The van der Waals surface area contributed by atoms with Gasteiger partial charge in [0.2, 0.25) is 0 Å². The van der Waals surface area contributed by atoms with Crippen molar-refractivity contribution in [1.29, 1.82) is 0 Å². The molecule has 1 aliphatic heterocycles. The summed E-state index contributed by atoms with van der Waals surface area (Å²) in [5.41, 5.74) is 1.06. The van der Waals surface area contributed by atoms with E-state index in [0.29, 0.717) is 18.7 Å². The topological polar surface area (TPSA) is 66.8 Å². The molecule has 2 rings (SSSR count). The van der Waals surface area contributed by atoms with E-state index in [2.05, 4.69) is 0 Å². The number of likely N-dealkylation sites (tertiary alicyclic amines) is 1. The molecular weight excluding hydrogens is 258 g/mol. The Bertz CT molecular complexity index is 514. The molecule has 1 aromatic rings. The second kappa shape index (κ2) is 5.94. The number of carbonyl (C=O) groups is 2. The normalized spacial score (nSPS) is 19.7. The van der Waals surface area contributed by atoms with Crippen molar-refractivity contribution in [1.82, 2.24) is 4.90 Å². The lowest BCUT2D eigenvalue weighted by atomic mass is 10.1. The molecule has 0 unspecified atom stereocenters. The Morgan fingerprint density at radius 3 is 2.80 bits per heavy atom. The predicted octanol–water partition coefficient (Wildman–Crippen LogP) is 1.70. The summed E-state index contributed by atoms with van der Waals surface area (Å²) in [6, 6.07) is 7.50. The molecule has 5 nitrogen and oxygen atoms in total. The molecule has 5 heteroatoms. The highest BCUT2D eigenvalue weighted by molar-refractivity contribution is 5.82. The van der Waals surface area contributed by atoms with Crippen LogP contribution in [0.1, 0.15) is 18.9 Å². The predicted molar refractivity (Wildman–Crippen MR) is 73.6 cm³/mol. The number of nitrogens with zero attached hydrogens (tertiary/aromatic N) is 1. The molecule has 0 spiro atoms. The third-order valence-corrected chi connectivity index (χ3v) is 3.50. The van der Waals surface area contributed by atoms with Crippen molar-refractivity contribution in [3.8, 4) is 5.75 Å². The van der Waals surface area contributed by atoms with E-state index in [9.17, 15) is 9.59 Å². The van der Waals surface area contributed by atoms with E-state index in [0.717, 1.165) is 5.56 Å². The fourth-order valence-electron chi connectivity index (χ4n) is 2.36. The maximum Gasteiger partial charge on any atom is 0.308 e. The van der Waals surface area contributed by atoms with E-state index < -0.39 is 18.0 Å². The smallest absolute Gasteiger partial charge is 0.308 e. The Morgan fingerprint density at radius 1 is 1.45 bits per heavy atom. The number of benzene rings is 1. The van der Waals surface area contributed by atoms with Gasteiger partial charge < -0.3 is 14.7 Å². The highest BCUT2D eigenvalue weighted by Gasteiger charge is 2.33. The number of hydrogen-bond acceptors (Lipinski definition) is 3. The van der Waals surface area contributed by atoms with Crippen LogP contribution in [0.4, 0.5) is 0 Å². The number of aryl methyl sites for hydroxylation is 1. The van der Waals surface area contributed by atoms with Crippen molar-refractivity contribution in [2.75, 3.05) is 13.1 Å². The van der Waals surface area contributed by atoms with Crippen molar-refractivity contribution in [3.05, 3.63) is 29.8 Å². The van der Waals surface area contributed by atoms with Crippen LogP contribution in [-0.2, 0) is 9.59 Å². The molecule has 0 aliphatic carbocycles. The second-order valence-corrected chi connectivity index (χ2v) is 5.18. The molecule has 1 fully saturated rings. The molecular formula is C15H19NO4. The molecule has 1 heterocycles. The zero-order valence-electron chi connectivity index (χ0n) is 11.7. The Kier molecular flexibility index (Phi) is 4.27. The average Bonchev–Trinajstić information content (AvgIpc) is 2.87. The van der Waals surface area contributed by atoms with Crippen LogP contribution in [0.25, 0.3) is 0 Å². The first-order valence-corrected chi connectivity index (χ1v) is 6.72. The minimum absolute atomic E-state index is 0.157. The van der Waals surface area contributed by atoms with Gasteiger partial charge in [0.1, 0.15) is 5.75 Å². The summed E-state index contributed by atoms with van der Waals surface area (Å²) in [5.74, 6) is -0.798. The minimum Gasteiger partial charge on any atom is -0.481 e. The molecule has 0 radical (unpaired) electrons. The molecule has 108 valence electrons. The summed E-state index contributed by atoms with van der Waals surface area (Å²) >= 11 is 0. The molecule has 0 aromatic heterocycles. The van der Waals surface area contributed by atoms with Crippen LogP contribution < -0.4 is 4.74 Å². The summed E-state index contributed by atoms with van der Waals surface area (Å²) in [7, 11) is 0. The monoisotopic (exact) mass is 277 g/mol. The number of carboxylic acids is 1. The van der Waals surface area contributed by atoms with Gasteiger partial charge in [-0.3, -0.25) is 9.59 Å². The fourth-order valence-corrected chi connectivity index (χ4v) is 2.36. The van der Waals surface area contributed by atoms with Gasteiger partial charge >= 0.3 is 5.97 Å². The largest absolute Gasteiger partial charge is 0.481 e. The van der Waals surface area contributed by atoms with Crippen LogP contribution in [0.5, 0.6) is 5.75 Å². The number of carbonyl (C=O) groups excluding carboxylic acids is 1. The summed E-state index contributed by atoms with van der Waals surface area (Å²) in [5, 5.41) is 8.95. The highest BCUT2D eigenvalue weighted by atomic mass is 16.5. The van der Waals surface area contributed by atoms with Crippen molar-refractivity contribution in [2.24, 2.45) is 5.92 Å². The Hall–Kier alpha value is -2.04. The van der Waals surface area contributed by atoms with Crippen molar-refractivity contribution < 1.29 is 19.4 Å². The van der Waals surface area contributed by atoms with Gasteiger partial charge in [-0.25, -0.2) is 0 Å². The summed E-state index contributed by atoms with van der Waals surface area (Å²) in [6.45, 7) is 4.41. The van der Waals surface area contributed by atoms with Gasteiger partial charge in [0.15, 0.2) is 6.10 Å². The first kappa shape index (κ1) is 14.4. The summed E-state index contributed by atoms with van der Waals surface area (Å²) in [4.78, 5) is 24.7. The van der Waals surface area contributed by atoms with Gasteiger partial charge in [-0.1, -0.05) is 12.1 Å². The van der Waals surface area contributed by atoms with Crippen LogP contribution >= 0.6 is 0 Å². The zero-order valence-corrected chi connectivity index (χ0v) is 11.7. The number of carboxylic acid groups (broad SMARTS) is 1. The quantitative estimate of drug-likeness (QED) is 0.909.